The van der Waals surface area contributed by atoms with Gasteiger partial charge < -0.3 is 9.73 Å². The van der Waals surface area contributed by atoms with Crippen LogP contribution in [0.5, 0.6) is 0 Å². The Hall–Kier alpha value is -3.78. The molecule has 1 aliphatic carbocycles. The minimum atomic E-state index is -0.740. The molecule has 5 rings (SSSR count). The van der Waals surface area contributed by atoms with E-state index in [0.717, 1.165) is 0 Å². The van der Waals surface area contributed by atoms with Crippen molar-refractivity contribution in [2.75, 3.05) is 0 Å². The van der Waals surface area contributed by atoms with Gasteiger partial charge in [-0.25, -0.2) is 19.3 Å². The van der Waals surface area contributed by atoms with Crippen LogP contribution in [0, 0.1) is 17.1 Å². The van der Waals surface area contributed by atoms with Gasteiger partial charge in [0, 0.05) is 11.8 Å². The monoisotopic (exact) mass is 435 g/mol. The van der Waals surface area contributed by atoms with E-state index in [1.807, 2.05) is 0 Å². The number of carbonyl (C=O) groups is 1. The lowest BCUT2D eigenvalue weighted by Crippen LogP contribution is -2.36. The topological polar surface area (TPSA) is 130 Å². The summed E-state index contributed by atoms with van der Waals surface area (Å²) in [5.74, 6) is -0.304. The molecule has 0 aliphatic heterocycles. The van der Waals surface area contributed by atoms with Gasteiger partial charge in [0.2, 0.25) is 17.7 Å². The maximum absolute atomic E-state index is 15.0. The van der Waals surface area contributed by atoms with Crippen LogP contribution >= 0.6 is 11.3 Å². The molecular formula is C20H14FN7O2S. The summed E-state index contributed by atoms with van der Waals surface area (Å²) in [6.07, 6.45) is 4.35. The van der Waals surface area contributed by atoms with E-state index in [-0.39, 0.29) is 30.5 Å². The first-order valence-corrected chi connectivity index (χ1v) is 10.2. The molecule has 154 valence electrons. The predicted octanol–water partition coefficient (Wildman–Crippen LogP) is 2.58. The third-order valence-corrected chi connectivity index (χ3v) is 5.93. The fourth-order valence-electron chi connectivity index (χ4n) is 3.13. The number of nitriles is 1. The van der Waals surface area contributed by atoms with Crippen molar-refractivity contribution in [3.8, 4) is 17.3 Å². The van der Waals surface area contributed by atoms with E-state index in [4.69, 9.17) is 9.68 Å². The molecule has 0 saturated heterocycles. The summed E-state index contributed by atoms with van der Waals surface area (Å²) in [7, 11) is 0. The predicted molar refractivity (Wildman–Crippen MR) is 107 cm³/mol. The van der Waals surface area contributed by atoms with Crippen molar-refractivity contribution in [3.05, 3.63) is 53.3 Å². The summed E-state index contributed by atoms with van der Waals surface area (Å²) < 4.78 is 21.0. The van der Waals surface area contributed by atoms with Crippen LogP contribution in [0.15, 0.2) is 35.1 Å². The Morgan fingerprint density at radius 3 is 2.87 bits per heavy atom. The third kappa shape index (κ3) is 3.85. The Balaban J connectivity index is 1.31. The molecule has 0 bridgehead atoms. The molecule has 1 N–H and O–H groups in total. The molecule has 31 heavy (non-hydrogen) atoms. The van der Waals surface area contributed by atoms with Gasteiger partial charge in [-0.05, 0) is 31.0 Å². The van der Waals surface area contributed by atoms with Gasteiger partial charge in [0.05, 0.1) is 28.4 Å². The zero-order valence-electron chi connectivity index (χ0n) is 16.0. The summed E-state index contributed by atoms with van der Waals surface area (Å²) in [6.45, 7) is 0. The fourth-order valence-corrected chi connectivity index (χ4v) is 4.12. The fraction of sp³-hybridized carbons (Fsp3) is 0.250. The number of benzene rings is 1. The number of nitrogens with zero attached hydrogens (tertiary/aromatic N) is 6. The number of nitrogens with one attached hydrogen (secondary N) is 1. The van der Waals surface area contributed by atoms with E-state index in [1.165, 1.54) is 17.7 Å². The van der Waals surface area contributed by atoms with Crippen molar-refractivity contribution >= 4 is 27.5 Å². The normalized spacial score (nSPS) is 14.3. The second-order valence-electron chi connectivity index (χ2n) is 7.16. The first kappa shape index (κ1) is 19.2. The number of hydrogen-bond acceptors (Lipinski definition) is 9. The van der Waals surface area contributed by atoms with Crippen LogP contribution in [0.4, 0.5) is 4.39 Å². The highest BCUT2D eigenvalue weighted by atomic mass is 32.1. The average Bonchev–Trinajstić information content (AvgIpc) is 3.20. The van der Waals surface area contributed by atoms with Crippen LogP contribution in [-0.4, -0.2) is 36.6 Å². The molecule has 1 saturated carbocycles. The van der Waals surface area contributed by atoms with Crippen molar-refractivity contribution in [1.82, 2.24) is 30.5 Å². The van der Waals surface area contributed by atoms with E-state index in [9.17, 15) is 4.79 Å². The van der Waals surface area contributed by atoms with Gasteiger partial charge in [0.1, 0.15) is 23.3 Å². The molecule has 3 aromatic heterocycles. The minimum absolute atomic E-state index is 0.104. The molecule has 3 heterocycles. The Morgan fingerprint density at radius 1 is 1.29 bits per heavy atom. The minimum Gasteiger partial charge on any atom is -0.424 e. The number of amides is 1. The summed E-state index contributed by atoms with van der Waals surface area (Å²) >= 11 is 1.20. The second-order valence-corrected chi connectivity index (χ2v) is 8.25. The molecule has 9 nitrogen and oxygen atoms in total. The highest BCUT2D eigenvalue weighted by Gasteiger charge is 2.44. The Labute approximate surface area is 179 Å². The maximum Gasteiger partial charge on any atom is 0.230 e. The van der Waals surface area contributed by atoms with Gasteiger partial charge in [-0.15, -0.1) is 21.5 Å². The molecule has 4 aromatic rings. The first-order valence-electron chi connectivity index (χ1n) is 9.43. The zero-order valence-corrected chi connectivity index (χ0v) is 16.8. The van der Waals surface area contributed by atoms with Crippen molar-refractivity contribution in [1.29, 1.82) is 5.26 Å². The molecule has 11 heteroatoms. The quantitative estimate of drug-likeness (QED) is 0.489. The maximum atomic E-state index is 15.0. The summed E-state index contributed by atoms with van der Waals surface area (Å²) in [6, 6.07) is 7.12. The van der Waals surface area contributed by atoms with Crippen molar-refractivity contribution in [3.63, 3.8) is 0 Å². The zero-order chi connectivity index (χ0) is 21.4. The lowest BCUT2D eigenvalue weighted by Gasteiger charge is -2.06. The Kier molecular flexibility index (Phi) is 4.63. The second kappa shape index (κ2) is 7.48. The largest absolute Gasteiger partial charge is 0.424 e. The Morgan fingerprint density at radius 2 is 2.13 bits per heavy atom. The van der Waals surface area contributed by atoms with Crippen LogP contribution < -0.4 is 5.32 Å². The van der Waals surface area contributed by atoms with Gasteiger partial charge in [0.25, 0.3) is 0 Å². The number of rotatable bonds is 6. The average molecular weight is 435 g/mol. The van der Waals surface area contributed by atoms with Gasteiger partial charge >= 0.3 is 0 Å². The van der Waals surface area contributed by atoms with Gasteiger partial charge in [-0.3, -0.25) is 4.79 Å². The van der Waals surface area contributed by atoms with Crippen molar-refractivity contribution in [2.45, 2.75) is 31.2 Å². The van der Waals surface area contributed by atoms with Crippen LogP contribution in [0.3, 0.4) is 0 Å². The third-order valence-electron chi connectivity index (χ3n) is 4.86. The van der Waals surface area contributed by atoms with Gasteiger partial charge in [-0.1, -0.05) is 0 Å². The van der Waals surface area contributed by atoms with E-state index >= 15 is 4.39 Å². The number of fused-ring (bicyclic) bond motifs is 1. The van der Waals surface area contributed by atoms with E-state index < -0.39 is 11.4 Å². The summed E-state index contributed by atoms with van der Waals surface area (Å²) in [5.41, 5.74) is 0.659. The lowest BCUT2D eigenvalue weighted by molar-refractivity contribution is -0.121. The molecule has 0 spiro atoms. The van der Waals surface area contributed by atoms with Gasteiger partial charge in [0.15, 0.2) is 5.82 Å². The van der Waals surface area contributed by atoms with Crippen LogP contribution in [0.2, 0.25) is 0 Å². The highest BCUT2D eigenvalue weighted by Crippen LogP contribution is 2.34. The number of aromatic nitrogens is 5. The summed E-state index contributed by atoms with van der Waals surface area (Å²) in [4.78, 5) is 24.4. The molecule has 0 unspecified atom stereocenters. The molecular weight excluding hydrogens is 421 g/mol. The highest BCUT2D eigenvalue weighted by molar-refractivity contribution is 7.18. The van der Waals surface area contributed by atoms with Crippen molar-refractivity contribution in [2.24, 2.45) is 0 Å². The number of halogens is 1. The van der Waals surface area contributed by atoms with Crippen LogP contribution in [0.25, 0.3) is 21.5 Å². The molecule has 1 fully saturated rings. The molecule has 1 amide bonds. The molecule has 0 radical (unpaired) electrons. The van der Waals surface area contributed by atoms with E-state index in [0.29, 0.717) is 39.3 Å². The number of hydrogen-bond donors (Lipinski definition) is 1. The van der Waals surface area contributed by atoms with Crippen LogP contribution in [0.1, 0.15) is 29.6 Å². The molecule has 0 atom stereocenters. The van der Waals surface area contributed by atoms with Crippen molar-refractivity contribution < 1.29 is 13.6 Å². The summed E-state index contributed by atoms with van der Waals surface area (Å²) in [5, 5.41) is 20.2. The number of carbonyl (C=O) groups excluding carboxylic acids is 1. The SMILES string of the molecule is N#CC1(NC(=O)Cc2nnc(Cc3nc4ccc(-c5ccncn5)c(F)c4s3)o2)CC1. The first-order chi connectivity index (χ1) is 15.0. The van der Waals surface area contributed by atoms with Crippen LogP contribution in [-0.2, 0) is 17.6 Å². The van der Waals surface area contributed by atoms with Gasteiger partial charge in [-0.2, -0.15) is 5.26 Å². The Bertz CT molecular complexity index is 1320. The van der Waals surface area contributed by atoms with E-state index in [2.05, 4.69) is 36.5 Å². The number of thiazole rings is 1. The van der Waals surface area contributed by atoms with E-state index in [1.54, 1.807) is 24.4 Å². The molecule has 1 aliphatic rings. The smallest absolute Gasteiger partial charge is 0.230 e. The standard InChI is InChI=1S/C20H14FN7O2S/c21-18-11(12-3-6-23-10-24-12)1-2-13-19(18)31-17(25-13)8-16-28-27-15(30-16)7-14(29)26-20(9-22)4-5-20/h1-3,6,10H,4-5,7-8H2,(H,26,29). The lowest BCUT2D eigenvalue weighted by atomic mass is 10.1. The molecule has 1 aromatic carbocycles.